The Morgan fingerprint density at radius 2 is 2.11 bits per heavy atom. The van der Waals surface area contributed by atoms with Crippen molar-refractivity contribution in [2.45, 2.75) is 16.1 Å². The first-order valence-corrected chi connectivity index (χ1v) is 10.9. The number of likely N-dealkylation sites (N-methyl/N-ethyl adjacent to an activating group) is 1. The number of thioether (sulfide) groups is 1. The zero-order valence-electron chi connectivity index (χ0n) is 15.0. The minimum absolute atomic E-state index is 0.281. The summed E-state index contributed by atoms with van der Waals surface area (Å²) in [5, 5.41) is 4.71. The van der Waals surface area contributed by atoms with Crippen molar-refractivity contribution in [3.8, 4) is 0 Å². The molecular weight excluding hydrogens is 420 g/mol. The van der Waals surface area contributed by atoms with Gasteiger partial charge < -0.3 is 14.5 Å². The molecule has 0 aliphatic heterocycles. The van der Waals surface area contributed by atoms with Crippen molar-refractivity contribution in [3.05, 3.63) is 53.6 Å². The molecule has 2 N–H and O–H groups in total. The highest BCUT2D eigenvalue weighted by atomic mass is 35.5. The van der Waals surface area contributed by atoms with Crippen LogP contribution in [0.5, 0.6) is 0 Å². The van der Waals surface area contributed by atoms with Gasteiger partial charge in [0.1, 0.15) is 11.7 Å². The van der Waals surface area contributed by atoms with Crippen molar-refractivity contribution in [2.75, 3.05) is 24.1 Å². The largest absolute Gasteiger partial charge is 0.462 e. The van der Waals surface area contributed by atoms with Crippen molar-refractivity contribution in [1.82, 2.24) is 5.32 Å². The fourth-order valence-electron chi connectivity index (χ4n) is 2.54. The Bertz CT molecular complexity index is 946. The van der Waals surface area contributed by atoms with Crippen LogP contribution >= 0.6 is 23.4 Å². The summed E-state index contributed by atoms with van der Waals surface area (Å²) in [6, 6.07) is 14.5. The maximum absolute atomic E-state index is 12.8. The highest BCUT2D eigenvalue weighted by molar-refractivity contribution is 7.99. The Hall–Kier alpha value is -2.00. The summed E-state index contributed by atoms with van der Waals surface area (Å²) in [5.41, 5.74) is 1.29. The zero-order chi connectivity index (χ0) is 19.9. The molecule has 1 heterocycles. The van der Waals surface area contributed by atoms with E-state index < -0.39 is 11.0 Å². The normalized spacial score (nSPS) is 13.2. The van der Waals surface area contributed by atoms with E-state index >= 15 is 0 Å². The Kier molecular flexibility index (Phi) is 7.38. The summed E-state index contributed by atoms with van der Waals surface area (Å²) in [4.78, 5) is 11.5. The van der Waals surface area contributed by atoms with E-state index in [1.54, 1.807) is 25.2 Å². The number of benzene rings is 2. The van der Waals surface area contributed by atoms with E-state index in [1.165, 1.54) is 11.8 Å². The lowest BCUT2D eigenvalue weighted by atomic mass is 10.3. The van der Waals surface area contributed by atoms with Crippen molar-refractivity contribution in [2.24, 2.45) is 0 Å². The minimum atomic E-state index is -1.60. The lowest BCUT2D eigenvalue weighted by molar-refractivity contribution is -0.132. The van der Waals surface area contributed by atoms with Crippen LogP contribution in [0.25, 0.3) is 11.0 Å². The van der Waals surface area contributed by atoms with Gasteiger partial charge in [-0.1, -0.05) is 29.8 Å². The maximum atomic E-state index is 12.8. The number of halogens is 1. The first-order valence-electron chi connectivity index (χ1n) is 8.43. The van der Waals surface area contributed by atoms with Gasteiger partial charge in [-0.15, -0.1) is 11.8 Å². The molecule has 0 radical (unpaired) electrons. The molecule has 1 aromatic heterocycles. The number of anilines is 1. The van der Waals surface area contributed by atoms with E-state index in [-0.39, 0.29) is 6.10 Å². The van der Waals surface area contributed by atoms with Crippen LogP contribution in [0.2, 0.25) is 5.02 Å². The quantitative estimate of drug-likeness (QED) is 0.367. The predicted molar refractivity (Wildman–Crippen MR) is 113 cm³/mol. The Morgan fingerprint density at radius 1 is 1.29 bits per heavy atom. The number of furan rings is 1. The second-order valence-corrected chi connectivity index (χ2v) is 8.48. The van der Waals surface area contributed by atoms with Crippen LogP contribution in [-0.2, 0) is 20.5 Å². The van der Waals surface area contributed by atoms with Crippen molar-refractivity contribution < 1.29 is 18.2 Å². The average molecular weight is 439 g/mol. The minimum Gasteiger partial charge on any atom is -0.462 e. The average Bonchev–Trinajstić information content (AvgIpc) is 3.12. The van der Waals surface area contributed by atoms with Crippen molar-refractivity contribution in [3.63, 3.8) is 0 Å². The highest BCUT2D eigenvalue weighted by Gasteiger charge is 2.15. The number of carbonyl (C=O) groups excluding carboxylic acids is 1. The van der Waals surface area contributed by atoms with Gasteiger partial charge in [-0.2, -0.15) is 0 Å². The topological polar surface area (TPSA) is 80.6 Å². The molecule has 0 fully saturated rings. The van der Waals surface area contributed by atoms with Crippen LogP contribution in [0, 0.1) is 0 Å². The lowest BCUT2D eigenvalue weighted by Gasteiger charge is -2.16. The highest BCUT2D eigenvalue weighted by Crippen LogP contribution is 2.32. The summed E-state index contributed by atoms with van der Waals surface area (Å²) < 4.78 is 26.5. The van der Waals surface area contributed by atoms with Gasteiger partial charge in [0, 0.05) is 33.7 Å². The molecule has 2 unspecified atom stereocenters. The van der Waals surface area contributed by atoms with Gasteiger partial charge in [0.25, 0.3) is 6.47 Å². The summed E-state index contributed by atoms with van der Waals surface area (Å²) in [6.07, 6.45) is -0.281. The molecule has 2 atom stereocenters. The van der Waals surface area contributed by atoms with E-state index in [4.69, 9.17) is 20.8 Å². The molecule has 0 amide bonds. The van der Waals surface area contributed by atoms with Crippen LogP contribution in [0.3, 0.4) is 0 Å². The molecule has 0 saturated carbocycles. The lowest BCUT2D eigenvalue weighted by Crippen LogP contribution is -2.28. The molecule has 0 aliphatic rings. The molecule has 3 aromatic rings. The van der Waals surface area contributed by atoms with Crippen LogP contribution in [0.4, 0.5) is 5.69 Å². The van der Waals surface area contributed by atoms with E-state index in [2.05, 4.69) is 10.0 Å². The molecule has 2 aromatic carbocycles. The van der Waals surface area contributed by atoms with Gasteiger partial charge in [-0.3, -0.25) is 9.52 Å². The van der Waals surface area contributed by atoms with Gasteiger partial charge >= 0.3 is 0 Å². The fraction of sp³-hybridized carbons (Fsp3) is 0.211. The molecular formula is C19H19ClN2O4S2. The van der Waals surface area contributed by atoms with E-state index in [0.717, 1.165) is 10.3 Å². The number of ether oxygens (including phenoxy) is 1. The Balaban J connectivity index is 1.76. The maximum Gasteiger partial charge on any atom is 0.293 e. The number of hydrogen-bond donors (Lipinski definition) is 2. The third-order valence-corrected chi connectivity index (χ3v) is 6.25. The number of hydrogen-bond acceptors (Lipinski definition) is 6. The molecule has 28 heavy (non-hydrogen) atoms. The van der Waals surface area contributed by atoms with E-state index in [0.29, 0.717) is 40.2 Å². The van der Waals surface area contributed by atoms with Crippen LogP contribution < -0.4 is 10.0 Å². The second-order valence-electron chi connectivity index (χ2n) is 5.84. The molecule has 0 saturated heterocycles. The predicted octanol–water partition coefficient (Wildman–Crippen LogP) is 4.07. The molecule has 3 rings (SSSR count). The third kappa shape index (κ3) is 5.29. The summed E-state index contributed by atoms with van der Waals surface area (Å²) >= 11 is 7.60. The Labute approximate surface area is 174 Å². The van der Waals surface area contributed by atoms with Crippen LogP contribution in [-0.4, -0.2) is 36.1 Å². The van der Waals surface area contributed by atoms with E-state index in [1.807, 2.05) is 30.3 Å². The second kappa shape index (κ2) is 9.97. The molecule has 148 valence electrons. The van der Waals surface area contributed by atoms with Gasteiger partial charge in [0.15, 0.2) is 11.0 Å². The molecule has 9 heteroatoms. The molecule has 0 aliphatic carbocycles. The van der Waals surface area contributed by atoms with Gasteiger partial charge in [0.05, 0.1) is 5.69 Å². The third-order valence-electron chi connectivity index (χ3n) is 3.83. The fourth-order valence-corrected chi connectivity index (χ4v) is 4.64. The number of carbonyl (C=O) groups is 1. The van der Waals surface area contributed by atoms with E-state index in [9.17, 15) is 9.00 Å². The van der Waals surface area contributed by atoms with Crippen LogP contribution in [0.15, 0.2) is 62.9 Å². The number of nitrogens with one attached hydrogen (secondary N) is 2. The number of fused-ring (bicyclic) bond motifs is 1. The van der Waals surface area contributed by atoms with Crippen molar-refractivity contribution in [1.29, 1.82) is 0 Å². The molecule has 0 bridgehead atoms. The molecule has 6 nitrogen and oxygen atoms in total. The summed E-state index contributed by atoms with van der Waals surface area (Å²) in [6.45, 7) is 0.979. The van der Waals surface area contributed by atoms with Gasteiger partial charge in [0.2, 0.25) is 5.09 Å². The summed E-state index contributed by atoms with van der Waals surface area (Å²) in [7, 11) is 0.194. The number of para-hydroxylation sites is 1. The first kappa shape index (κ1) is 20.7. The standard InChI is InChI=1S/C19H19ClN2O4S2/c1-21-10-15(25-12-23)11-27-18-7-6-14(20)9-16(18)22-28(24)19-8-13-4-2-3-5-17(13)26-19/h2-9,12,15,21-22H,10-11H2,1H3. The van der Waals surface area contributed by atoms with Crippen LogP contribution in [0.1, 0.15) is 0 Å². The smallest absolute Gasteiger partial charge is 0.293 e. The molecule has 0 spiro atoms. The SMILES string of the molecule is CNCC(CSc1ccc(Cl)cc1NS(=O)c1cc2ccccc2o1)OC=O. The monoisotopic (exact) mass is 438 g/mol. The van der Waals surface area contributed by atoms with Gasteiger partial charge in [-0.05, 0) is 31.3 Å². The van der Waals surface area contributed by atoms with Crippen molar-refractivity contribution >= 4 is 57.5 Å². The number of rotatable bonds is 10. The first-order chi connectivity index (χ1) is 13.6. The Morgan fingerprint density at radius 3 is 2.86 bits per heavy atom. The zero-order valence-corrected chi connectivity index (χ0v) is 17.4. The summed E-state index contributed by atoms with van der Waals surface area (Å²) in [5.74, 6) is 0.535. The van der Waals surface area contributed by atoms with Gasteiger partial charge in [-0.25, -0.2) is 4.21 Å².